The third kappa shape index (κ3) is 6.35. The Morgan fingerprint density at radius 2 is 1.87 bits per heavy atom. The van der Waals surface area contributed by atoms with Crippen LogP contribution in [-0.2, 0) is 16.1 Å². The summed E-state index contributed by atoms with van der Waals surface area (Å²) in [6, 6.07) is 9.05. The zero-order valence-electron chi connectivity index (χ0n) is 18.8. The zero-order valence-corrected chi connectivity index (χ0v) is 18.8. The van der Waals surface area contributed by atoms with Gasteiger partial charge in [-0.15, -0.1) is 0 Å². The van der Waals surface area contributed by atoms with Gasteiger partial charge in [-0.2, -0.15) is 0 Å². The number of carbonyl (C=O) groups is 2. The first-order valence-corrected chi connectivity index (χ1v) is 10.2. The number of nitrogens with zero attached hydrogens (tertiary/aromatic N) is 2. The summed E-state index contributed by atoms with van der Waals surface area (Å²) >= 11 is 0. The van der Waals surface area contributed by atoms with Gasteiger partial charge in [0, 0.05) is 25.4 Å². The minimum atomic E-state index is -0.299. The van der Waals surface area contributed by atoms with Gasteiger partial charge in [0.2, 0.25) is 5.91 Å². The molecule has 1 N–H and O–H groups in total. The number of benzene rings is 1. The molecule has 0 spiro atoms. The van der Waals surface area contributed by atoms with E-state index >= 15 is 0 Å². The number of methoxy groups -OCH3 is 1. The van der Waals surface area contributed by atoms with Gasteiger partial charge in [0.25, 0.3) is 0 Å². The molecule has 2 aromatic rings. The molecule has 1 aromatic heterocycles. The molecule has 7 heteroatoms. The lowest BCUT2D eigenvalue weighted by molar-refractivity contribution is -0.133. The van der Waals surface area contributed by atoms with Crippen LogP contribution >= 0.6 is 0 Å². The molecule has 0 atom stereocenters. The summed E-state index contributed by atoms with van der Waals surface area (Å²) in [6.07, 6.45) is 0. The molecule has 0 aliphatic rings. The molecule has 0 unspecified atom stereocenters. The molecule has 30 heavy (non-hydrogen) atoms. The molecule has 0 aliphatic heterocycles. The zero-order chi connectivity index (χ0) is 22.3. The standard InChI is InChI=1S/C23H33N3O4/c1-16(2)26(23(28)24-21-9-7-8-17(3)19(21)5)15-22(27)25(12-13-29-6)14-20-11-10-18(4)30-20/h7-11,16H,12-15H2,1-6H3,(H,24,28). The number of amides is 3. The van der Waals surface area contributed by atoms with Gasteiger partial charge in [-0.3, -0.25) is 4.79 Å². The summed E-state index contributed by atoms with van der Waals surface area (Å²) in [5.41, 5.74) is 2.86. The molecule has 0 aliphatic carbocycles. The van der Waals surface area contributed by atoms with Crippen LogP contribution in [0.3, 0.4) is 0 Å². The molecule has 0 bridgehead atoms. The largest absolute Gasteiger partial charge is 0.464 e. The normalized spacial score (nSPS) is 10.9. The second-order valence-electron chi connectivity index (χ2n) is 7.72. The first-order chi connectivity index (χ1) is 14.2. The summed E-state index contributed by atoms with van der Waals surface area (Å²) in [4.78, 5) is 29.2. The molecular weight excluding hydrogens is 382 g/mol. The van der Waals surface area contributed by atoms with Crippen LogP contribution in [0.5, 0.6) is 0 Å². The van der Waals surface area contributed by atoms with E-state index < -0.39 is 0 Å². The lowest BCUT2D eigenvalue weighted by Gasteiger charge is -2.30. The minimum Gasteiger partial charge on any atom is -0.464 e. The maximum atomic E-state index is 13.1. The third-order valence-electron chi connectivity index (χ3n) is 5.10. The molecule has 0 saturated carbocycles. The average Bonchev–Trinajstić information content (AvgIpc) is 3.11. The maximum absolute atomic E-state index is 13.1. The van der Waals surface area contributed by atoms with Crippen molar-refractivity contribution in [3.8, 4) is 0 Å². The van der Waals surface area contributed by atoms with Gasteiger partial charge in [0.05, 0.1) is 13.2 Å². The molecule has 7 nitrogen and oxygen atoms in total. The second-order valence-corrected chi connectivity index (χ2v) is 7.72. The van der Waals surface area contributed by atoms with E-state index in [1.54, 1.807) is 12.0 Å². The highest BCUT2D eigenvalue weighted by Crippen LogP contribution is 2.19. The minimum absolute atomic E-state index is 0.0300. The summed E-state index contributed by atoms with van der Waals surface area (Å²) in [5, 5.41) is 2.95. The second kappa shape index (κ2) is 10.8. The van der Waals surface area contributed by atoms with E-state index in [0.717, 1.165) is 22.6 Å². The number of carbonyl (C=O) groups excluding carboxylic acids is 2. The number of furan rings is 1. The smallest absolute Gasteiger partial charge is 0.322 e. The van der Waals surface area contributed by atoms with Crippen molar-refractivity contribution >= 4 is 17.6 Å². The highest BCUT2D eigenvalue weighted by molar-refractivity contribution is 5.93. The molecule has 1 heterocycles. The molecular formula is C23H33N3O4. The summed E-state index contributed by atoms with van der Waals surface area (Å²) in [6.45, 7) is 10.7. The lowest BCUT2D eigenvalue weighted by Crippen LogP contribution is -2.47. The van der Waals surface area contributed by atoms with E-state index in [2.05, 4.69) is 5.32 Å². The van der Waals surface area contributed by atoms with E-state index in [0.29, 0.717) is 25.5 Å². The summed E-state index contributed by atoms with van der Waals surface area (Å²) in [5.74, 6) is 1.33. The monoisotopic (exact) mass is 415 g/mol. The van der Waals surface area contributed by atoms with E-state index in [9.17, 15) is 9.59 Å². The molecule has 0 fully saturated rings. The van der Waals surface area contributed by atoms with Crippen molar-refractivity contribution in [3.05, 3.63) is 53.0 Å². The number of ether oxygens (including phenoxy) is 1. The number of aryl methyl sites for hydroxylation is 2. The van der Waals surface area contributed by atoms with Crippen molar-refractivity contribution in [1.29, 1.82) is 0 Å². The molecule has 1 aromatic carbocycles. The van der Waals surface area contributed by atoms with Gasteiger partial charge >= 0.3 is 6.03 Å². The fourth-order valence-electron chi connectivity index (χ4n) is 3.06. The van der Waals surface area contributed by atoms with Crippen LogP contribution in [0, 0.1) is 20.8 Å². The summed E-state index contributed by atoms with van der Waals surface area (Å²) < 4.78 is 10.8. The number of hydrogen-bond donors (Lipinski definition) is 1. The van der Waals surface area contributed by atoms with Crippen LogP contribution in [0.1, 0.15) is 36.5 Å². The molecule has 2 rings (SSSR count). The molecule has 0 radical (unpaired) electrons. The van der Waals surface area contributed by atoms with Crippen LogP contribution in [0.4, 0.5) is 10.5 Å². The predicted molar refractivity (Wildman–Crippen MR) is 118 cm³/mol. The predicted octanol–water partition coefficient (Wildman–Crippen LogP) is 4.12. The SMILES string of the molecule is COCCN(Cc1ccc(C)o1)C(=O)CN(C(=O)Nc1cccc(C)c1C)C(C)C. The Morgan fingerprint density at radius 1 is 1.13 bits per heavy atom. The van der Waals surface area contributed by atoms with Crippen LogP contribution in [0.25, 0.3) is 0 Å². The van der Waals surface area contributed by atoms with E-state index in [4.69, 9.17) is 9.15 Å². The molecule has 0 saturated heterocycles. The van der Waals surface area contributed by atoms with Gasteiger partial charge in [0.1, 0.15) is 18.1 Å². The molecule has 164 valence electrons. The number of urea groups is 1. The van der Waals surface area contributed by atoms with Crippen molar-refractivity contribution in [3.63, 3.8) is 0 Å². The average molecular weight is 416 g/mol. The Balaban J connectivity index is 2.12. The molecule has 3 amide bonds. The van der Waals surface area contributed by atoms with Crippen LogP contribution in [0.15, 0.2) is 34.7 Å². The summed E-state index contributed by atoms with van der Waals surface area (Å²) in [7, 11) is 1.59. The first-order valence-electron chi connectivity index (χ1n) is 10.2. The Kier molecular flexibility index (Phi) is 8.47. The quantitative estimate of drug-likeness (QED) is 0.668. The highest BCUT2D eigenvalue weighted by Gasteiger charge is 2.24. The fraction of sp³-hybridized carbons (Fsp3) is 0.478. The van der Waals surface area contributed by atoms with Gasteiger partial charge < -0.3 is 24.3 Å². The van der Waals surface area contributed by atoms with E-state index in [1.165, 1.54) is 4.90 Å². The van der Waals surface area contributed by atoms with Crippen molar-refractivity contribution < 1.29 is 18.7 Å². The highest BCUT2D eigenvalue weighted by atomic mass is 16.5. The van der Waals surface area contributed by atoms with Gasteiger partial charge in [-0.05, 0) is 63.9 Å². The van der Waals surface area contributed by atoms with Crippen LogP contribution in [0.2, 0.25) is 0 Å². The van der Waals surface area contributed by atoms with Crippen molar-refractivity contribution in [2.75, 3.05) is 32.1 Å². The van der Waals surface area contributed by atoms with Crippen molar-refractivity contribution in [2.45, 2.75) is 47.2 Å². The maximum Gasteiger partial charge on any atom is 0.322 e. The van der Waals surface area contributed by atoms with Gasteiger partial charge in [-0.25, -0.2) is 4.79 Å². The number of anilines is 1. The van der Waals surface area contributed by atoms with Crippen molar-refractivity contribution in [2.24, 2.45) is 0 Å². The van der Waals surface area contributed by atoms with E-state index in [-0.39, 0.29) is 24.5 Å². The fourth-order valence-corrected chi connectivity index (χ4v) is 3.06. The lowest BCUT2D eigenvalue weighted by atomic mass is 10.1. The number of hydrogen-bond acceptors (Lipinski definition) is 4. The van der Waals surface area contributed by atoms with Crippen molar-refractivity contribution in [1.82, 2.24) is 9.80 Å². The van der Waals surface area contributed by atoms with Crippen LogP contribution < -0.4 is 5.32 Å². The van der Waals surface area contributed by atoms with E-state index in [1.807, 2.05) is 65.0 Å². The number of nitrogens with one attached hydrogen (secondary N) is 1. The Hall–Kier alpha value is -2.80. The third-order valence-corrected chi connectivity index (χ3v) is 5.10. The first kappa shape index (κ1) is 23.5. The Bertz CT molecular complexity index is 860. The topological polar surface area (TPSA) is 75.0 Å². The Labute approximate surface area is 179 Å². The van der Waals surface area contributed by atoms with Gasteiger partial charge in [-0.1, -0.05) is 12.1 Å². The Morgan fingerprint density at radius 3 is 2.47 bits per heavy atom. The number of rotatable bonds is 9. The van der Waals surface area contributed by atoms with Crippen LogP contribution in [-0.4, -0.2) is 54.6 Å². The van der Waals surface area contributed by atoms with Gasteiger partial charge in [0.15, 0.2) is 0 Å².